The van der Waals surface area contributed by atoms with Crippen molar-refractivity contribution < 1.29 is 8.42 Å². The van der Waals surface area contributed by atoms with Crippen LogP contribution in [0.1, 0.15) is 37.8 Å². The van der Waals surface area contributed by atoms with E-state index >= 15 is 0 Å². The summed E-state index contributed by atoms with van der Waals surface area (Å²) in [6.07, 6.45) is 1.82. The van der Waals surface area contributed by atoms with Crippen LogP contribution in [0, 0.1) is 0 Å². The Bertz CT molecular complexity index is 526. The third-order valence-corrected chi connectivity index (χ3v) is 4.78. The van der Waals surface area contributed by atoms with Crippen LogP contribution in [0.3, 0.4) is 0 Å². The molecule has 0 aromatic heterocycles. The maximum atomic E-state index is 12.2. The lowest BCUT2D eigenvalue weighted by molar-refractivity contribution is 0.544. The number of rotatable bonds is 5. The molecule has 1 aromatic carbocycles. The first-order valence-electron chi connectivity index (χ1n) is 6.38. The van der Waals surface area contributed by atoms with E-state index in [9.17, 15) is 8.42 Å². The van der Waals surface area contributed by atoms with Crippen molar-refractivity contribution in [3.8, 4) is 0 Å². The van der Waals surface area contributed by atoms with Gasteiger partial charge in [-0.2, -0.15) is 0 Å². The van der Waals surface area contributed by atoms with E-state index in [2.05, 4.69) is 10.0 Å². The monoisotopic (exact) mass is 268 g/mol. The van der Waals surface area contributed by atoms with Gasteiger partial charge in [-0.3, -0.25) is 0 Å². The molecule has 0 bridgehead atoms. The summed E-state index contributed by atoms with van der Waals surface area (Å²) in [4.78, 5) is 0.368. The van der Waals surface area contributed by atoms with Gasteiger partial charge in [0.1, 0.15) is 0 Å². The summed E-state index contributed by atoms with van der Waals surface area (Å²) >= 11 is 0. The summed E-state index contributed by atoms with van der Waals surface area (Å²) in [5, 5.41) is 3.21. The van der Waals surface area contributed by atoms with Gasteiger partial charge >= 0.3 is 0 Å². The molecule has 5 heteroatoms. The highest BCUT2D eigenvalue weighted by atomic mass is 32.2. The van der Waals surface area contributed by atoms with Crippen LogP contribution in [0.15, 0.2) is 23.1 Å². The normalized spacial score (nSPS) is 16.6. The highest BCUT2D eigenvalue weighted by Gasteiger charge is 2.19. The Morgan fingerprint density at radius 1 is 1.33 bits per heavy atom. The first-order valence-corrected chi connectivity index (χ1v) is 7.86. The van der Waals surface area contributed by atoms with Crippen LogP contribution < -0.4 is 10.0 Å². The fraction of sp³-hybridized carbons (Fsp3) is 0.538. The van der Waals surface area contributed by atoms with E-state index in [-0.39, 0.29) is 6.04 Å². The molecule has 1 unspecified atom stereocenters. The molecule has 4 nitrogen and oxygen atoms in total. The first kappa shape index (κ1) is 13.5. The first-order chi connectivity index (χ1) is 8.53. The zero-order valence-corrected chi connectivity index (χ0v) is 11.7. The van der Waals surface area contributed by atoms with Gasteiger partial charge in [0.05, 0.1) is 4.90 Å². The van der Waals surface area contributed by atoms with Crippen LogP contribution in [-0.2, 0) is 23.1 Å². The lowest BCUT2D eigenvalue weighted by Crippen LogP contribution is -2.32. The Morgan fingerprint density at radius 2 is 2.06 bits per heavy atom. The molecule has 0 fully saturated rings. The fourth-order valence-electron chi connectivity index (χ4n) is 2.26. The second-order valence-corrected chi connectivity index (χ2v) is 6.56. The number of hydrogen-bond donors (Lipinski definition) is 2. The number of hydrogen-bond acceptors (Lipinski definition) is 3. The Hall–Kier alpha value is -0.910. The van der Waals surface area contributed by atoms with Crippen molar-refractivity contribution in [3.63, 3.8) is 0 Å². The Kier molecular flexibility index (Phi) is 4.04. The van der Waals surface area contributed by atoms with E-state index in [1.165, 1.54) is 5.56 Å². The van der Waals surface area contributed by atoms with Gasteiger partial charge in [0.25, 0.3) is 0 Å². The molecular weight excluding hydrogens is 248 g/mol. The molecule has 2 rings (SSSR count). The molecule has 0 saturated carbocycles. The minimum absolute atomic E-state index is 0.0219. The van der Waals surface area contributed by atoms with Gasteiger partial charge in [-0.1, -0.05) is 19.4 Å². The van der Waals surface area contributed by atoms with E-state index in [1.807, 2.05) is 19.9 Å². The van der Waals surface area contributed by atoms with E-state index in [0.717, 1.165) is 31.5 Å². The van der Waals surface area contributed by atoms with Crippen molar-refractivity contribution in [2.75, 3.05) is 0 Å². The largest absolute Gasteiger partial charge is 0.309 e. The smallest absolute Gasteiger partial charge is 0.240 e. The van der Waals surface area contributed by atoms with Gasteiger partial charge in [0.2, 0.25) is 10.0 Å². The minimum atomic E-state index is -3.38. The van der Waals surface area contributed by atoms with Crippen LogP contribution >= 0.6 is 0 Å². The third-order valence-electron chi connectivity index (χ3n) is 3.20. The van der Waals surface area contributed by atoms with Gasteiger partial charge in [-0.05, 0) is 36.6 Å². The lowest BCUT2D eigenvalue weighted by atomic mass is 10.1. The van der Waals surface area contributed by atoms with Crippen molar-refractivity contribution >= 4 is 10.0 Å². The molecule has 1 aromatic rings. The average Bonchev–Trinajstić information content (AvgIpc) is 2.75. The summed E-state index contributed by atoms with van der Waals surface area (Å²) in [6, 6.07) is 5.34. The highest BCUT2D eigenvalue weighted by molar-refractivity contribution is 7.89. The molecule has 0 saturated heterocycles. The highest BCUT2D eigenvalue weighted by Crippen LogP contribution is 2.20. The standard InChI is InChI=1S/C13H20N2O2S/c1-3-4-10(2)15-18(16,17)13-6-5-11-8-14-9-12(11)7-13/h5-7,10,14-15H,3-4,8-9H2,1-2H3. The molecule has 18 heavy (non-hydrogen) atoms. The zero-order chi connectivity index (χ0) is 13.2. The fourth-order valence-corrected chi connectivity index (χ4v) is 3.59. The predicted molar refractivity (Wildman–Crippen MR) is 71.7 cm³/mol. The van der Waals surface area contributed by atoms with Crippen LogP contribution in [0.4, 0.5) is 0 Å². The molecule has 1 aliphatic rings. The third kappa shape index (κ3) is 2.91. The number of sulfonamides is 1. The summed E-state index contributed by atoms with van der Waals surface area (Å²) in [5.41, 5.74) is 2.27. The van der Waals surface area contributed by atoms with Gasteiger partial charge in [-0.25, -0.2) is 13.1 Å². The minimum Gasteiger partial charge on any atom is -0.309 e. The molecule has 100 valence electrons. The van der Waals surface area contributed by atoms with Crippen molar-refractivity contribution in [3.05, 3.63) is 29.3 Å². The Morgan fingerprint density at radius 3 is 2.78 bits per heavy atom. The van der Waals surface area contributed by atoms with Gasteiger partial charge in [0, 0.05) is 19.1 Å². The number of nitrogens with one attached hydrogen (secondary N) is 2. The maximum absolute atomic E-state index is 12.2. The van der Waals surface area contributed by atoms with Gasteiger partial charge < -0.3 is 5.32 Å². The van der Waals surface area contributed by atoms with Crippen molar-refractivity contribution in [1.29, 1.82) is 0 Å². The van der Waals surface area contributed by atoms with Crippen molar-refractivity contribution in [2.24, 2.45) is 0 Å². The van der Waals surface area contributed by atoms with Crippen molar-refractivity contribution in [2.45, 2.75) is 50.7 Å². The SMILES string of the molecule is CCCC(C)NS(=O)(=O)c1ccc2c(c1)CNC2. The summed E-state index contributed by atoms with van der Waals surface area (Å²) in [6.45, 7) is 5.53. The summed E-state index contributed by atoms with van der Waals surface area (Å²) in [7, 11) is -3.38. The molecule has 1 heterocycles. The van der Waals surface area contributed by atoms with Crippen LogP contribution in [0.2, 0.25) is 0 Å². The van der Waals surface area contributed by atoms with E-state index in [1.54, 1.807) is 12.1 Å². The second-order valence-electron chi connectivity index (χ2n) is 4.85. The van der Waals surface area contributed by atoms with Crippen molar-refractivity contribution in [1.82, 2.24) is 10.0 Å². The molecule has 0 radical (unpaired) electrons. The Balaban J connectivity index is 2.19. The maximum Gasteiger partial charge on any atom is 0.240 e. The van der Waals surface area contributed by atoms with Gasteiger partial charge in [0.15, 0.2) is 0 Å². The molecule has 1 atom stereocenters. The summed E-state index contributed by atoms with van der Waals surface area (Å²) < 4.78 is 27.1. The predicted octanol–water partition coefficient (Wildman–Crippen LogP) is 1.76. The lowest BCUT2D eigenvalue weighted by Gasteiger charge is -2.13. The molecule has 0 aliphatic carbocycles. The van der Waals surface area contributed by atoms with Crippen LogP contribution in [0.25, 0.3) is 0 Å². The molecular formula is C13H20N2O2S. The average molecular weight is 268 g/mol. The number of benzene rings is 1. The van der Waals surface area contributed by atoms with Crippen LogP contribution in [-0.4, -0.2) is 14.5 Å². The van der Waals surface area contributed by atoms with E-state index < -0.39 is 10.0 Å². The molecule has 2 N–H and O–H groups in total. The summed E-state index contributed by atoms with van der Waals surface area (Å²) in [5.74, 6) is 0. The zero-order valence-electron chi connectivity index (χ0n) is 10.9. The van der Waals surface area contributed by atoms with Crippen LogP contribution in [0.5, 0.6) is 0 Å². The van der Waals surface area contributed by atoms with Gasteiger partial charge in [-0.15, -0.1) is 0 Å². The Labute approximate surface area is 109 Å². The molecule has 0 spiro atoms. The van der Waals surface area contributed by atoms with E-state index in [4.69, 9.17) is 0 Å². The van der Waals surface area contributed by atoms with E-state index in [0.29, 0.717) is 4.90 Å². The second kappa shape index (κ2) is 5.38. The topological polar surface area (TPSA) is 58.2 Å². The molecule has 1 aliphatic heterocycles. The quantitative estimate of drug-likeness (QED) is 0.855. The number of fused-ring (bicyclic) bond motifs is 1. The molecule has 0 amide bonds.